The summed E-state index contributed by atoms with van der Waals surface area (Å²) in [6, 6.07) is 5.31. The highest BCUT2D eigenvalue weighted by Gasteiger charge is 2.23. The molecule has 1 amide bonds. The molecule has 1 aliphatic carbocycles. The standard InChI is InChI=1S/C20H20N2O4/c23-19(26-17-10-14-25-15-11-17)9-13-22(18-8-4-5-12-21-18)20(24)16-6-2-1-3-7-16/h2,4-8,12,17H,9-11,13-15H2. The Morgan fingerprint density at radius 1 is 1.27 bits per heavy atom. The van der Waals surface area contributed by atoms with E-state index in [0.29, 0.717) is 37.4 Å². The minimum absolute atomic E-state index is 0.0995. The first-order valence-electron chi connectivity index (χ1n) is 8.62. The van der Waals surface area contributed by atoms with Crippen LogP contribution in [0, 0.1) is 0 Å². The molecule has 6 heteroatoms. The summed E-state index contributed by atoms with van der Waals surface area (Å²) in [6.45, 7) is 1.41. The zero-order valence-electron chi connectivity index (χ0n) is 14.4. The highest BCUT2D eigenvalue weighted by atomic mass is 16.6. The number of allylic oxidation sites excluding steroid dienone is 2. The number of carbonyl (C=O) groups is 2. The second kappa shape index (κ2) is 8.97. The van der Waals surface area contributed by atoms with Gasteiger partial charge in [0.1, 0.15) is 11.9 Å². The Kier molecular flexibility index (Phi) is 6.18. The number of ether oxygens (including phenoxy) is 2. The number of esters is 1. The Balaban J connectivity index is 1.65. The van der Waals surface area contributed by atoms with E-state index in [4.69, 9.17) is 9.47 Å². The van der Waals surface area contributed by atoms with Gasteiger partial charge in [0, 0.05) is 37.2 Å². The number of rotatable bonds is 6. The maximum Gasteiger partial charge on any atom is 0.307 e. The van der Waals surface area contributed by atoms with Gasteiger partial charge in [0.25, 0.3) is 5.91 Å². The van der Waals surface area contributed by atoms with Crippen LogP contribution in [0.5, 0.6) is 0 Å². The fraction of sp³-hybridized carbons (Fsp3) is 0.350. The van der Waals surface area contributed by atoms with Gasteiger partial charge in [-0.05, 0) is 24.3 Å². The zero-order chi connectivity index (χ0) is 18.2. The number of amides is 1. The molecule has 3 rings (SSSR count). The SMILES string of the molecule is O=C(CCN(C(=O)C1=CC=C=C=C1)c1ccccn1)OC1CCOCC1. The summed E-state index contributed by atoms with van der Waals surface area (Å²) in [5.41, 5.74) is 6.00. The molecule has 0 aromatic carbocycles. The van der Waals surface area contributed by atoms with Gasteiger partial charge < -0.3 is 9.47 Å². The summed E-state index contributed by atoms with van der Waals surface area (Å²) < 4.78 is 10.7. The van der Waals surface area contributed by atoms with E-state index in [9.17, 15) is 9.59 Å². The molecule has 0 atom stereocenters. The van der Waals surface area contributed by atoms with E-state index < -0.39 is 0 Å². The number of hydrogen-bond donors (Lipinski definition) is 0. The van der Waals surface area contributed by atoms with Crippen LogP contribution >= 0.6 is 0 Å². The molecule has 0 unspecified atom stereocenters. The minimum Gasteiger partial charge on any atom is -0.462 e. The van der Waals surface area contributed by atoms with Crippen LogP contribution in [0.15, 0.2) is 59.7 Å². The highest BCUT2D eigenvalue weighted by molar-refractivity contribution is 6.07. The largest absolute Gasteiger partial charge is 0.462 e. The number of hydrogen-bond acceptors (Lipinski definition) is 5. The molecule has 2 heterocycles. The van der Waals surface area contributed by atoms with Gasteiger partial charge in [0.05, 0.1) is 19.6 Å². The molecular formula is C20H20N2O4. The third-order valence-corrected chi connectivity index (χ3v) is 4.08. The van der Waals surface area contributed by atoms with Gasteiger partial charge in [-0.1, -0.05) is 17.5 Å². The number of nitrogens with zero attached hydrogens (tertiary/aromatic N) is 2. The van der Waals surface area contributed by atoms with E-state index in [2.05, 4.69) is 16.4 Å². The first-order chi connectivity index (χ1) is 12.7. The van der Waals surface area contributed by atoms with Gasteiger partial charge in [-0.2, -0.15) is 0 Å². The summed E-state index contributed by atoms with van der Waals surface area (Å²) in [6.07, 6.45) is 7.89. The second-order valence-electron chi connectivity index (χ2n) is 5.92. The van der Waals surface area contributed by atoms with Gasteiger partial charge in [-0.3, -0.25) is 14.5 Å². The first kappa shape index (κ1) is 17.9. The molecule has 0 N–H and O–H groups in total. The molecular weight excluding hydrogens is 332 g/mol. The Labute approximate surface area is 152 Å². The lowest BCUT2D eigenvalue weighted by Crippen LogP contribution is -2.35. The van der Waals surface area contributed by atoms with Crippen molar-refractivity contribution in [3.63, 3.8) is 0 Å². The fourth-order valence-corrected chi connectivity index (χ4v) is 2.71. The number of carbonyl (C=O) groups excluding carboxylic acids is 2. The molecule has 0 bridgehead atoms. The molecule has 134 valence electrons. The third-order valence-electron chi connectivity index (χ3n) is 4.08. The zero-order valence-corrected chi connectivity index (χ0v) is 14.4. The molecule has 2 aliphatic rings. The maximum absolute atomic E-state index is 12.8. The molecule has 26 heavy (non-hydrogen) atoms. The molecule has 0 saturated carbocycles. The van der Waals surface area contributed by atoms with Crippen LogP contribution in [0.25, 0.3) is 0 Å². The topological polar surface area (TPSA) is 68.7 Å². The lowest BCUT2D eigenvalue weighted by molar-refractivity contribution is -0.152. The summed E-state index contributed by atoms with van der Waals surface area (Å²) in [4.78, 5) is 30.7. The van der Waals surface area contributed by atoms with E-state index >= 15 is 0 Å². The second-order valence-corrected chi connectivity index (χ2v) is 5.92. The Morgan fingerprint density at radius 3 is 2.81 bits per heavy atom. The van der Waals surface area contributed by atoms with Crippen LogP contribution in [0.2, 0.25) is 0 Å². The van der Waals surface area contributed by atoms with E-state index in [-0.39, 0.29) is 30.9 Å². The van der Waals surface area contributed by atoms with Crippen LogP contribution in [-0.4, -0.2) is 42.7 Å². The van der Waals surface area contributed by atoms with Gasteiger partial charge in [0.15, 0.2) is 0 Å². The highest BCUT2D eigenvalue weighted by Crippen LogP contribution is 2.17. The Hall–Kier alpha value is -2.91. The Morgan fingerprint density at radius 2 is 2.12 bits per heavy atom. The average Bonchev–Trinajstić information content (AvgIpc) is 2.70. The van der Waals surface area contributed by atoms with Crippen molar-refractivity contribution in [3.8, 4) is 0 Å². The van der Waals surface area contributed by atoms with Crippen molar-refractivity contribution in [1.29, 1.82) is 0 Å². The smallest absolute Gasteiger partial charge is 0.307 e. The van der Waals surface area contributed by atoms with E-state index in [1.54, 1.807) is 42.6 Å². The summed E-state index contributed by atoms with van der Waals surface area (Å²) in [5.74, 6) is -0.0735. The molecule has 1 aromatic rings. The Bertz CT molecular complexity index is 781. The van der Waals surface area contributed by atoms with Crippen molar-refractivity contribution >= 4 is 17.7 Å². The third kappa shape index (κ3) is 4.80. The van der Waals surface area contributed by atoms with Crippen molar-refractivity contribution < 1.29 is 19.1 Å². The van der Waals surface area contributed by atoms with Gasteiger partial charge >= 0.3 is 5.97 Å². The number of aromatic nitrogens is 1. The molecule has 1 saturated heterocycles. The van der Waals surface area contributed by atoms with Crippen molar-refractivity contribution in [2.75, 3.05) is 24.7 Å². The van der Waals surface area contributed by atoms with Crippen LogP contribution in [0.4, 0.5) is 5.82 Å². The van der Waals surface area contributed by atoms with Crippen molar-refractivity contribution in [3.05, 3.63) is 59.7 Å². The van der Waals surface area contributed by atoms with Crippen LogP contribution in [0.1, 0.15) is 19.3 Å². The monoisotopic (exact) mass is 352 g/mol. The summed E-state index contributed by atoms with van der Waals surface area (Å²) in [5, 5.41) is 0. The van der Waals surface area contributed by atoms with Crippen LogP contribution < -0.4 is 4.90 Å². The van der Waals surface area contributed by atoms with Gasteiger partial charge in [0.2, 0.25) is 0 Å². The fourth-order valence-electron chi connectivity index (χ4n) is 2.71. The molecule has 6 nitrogen and oxygen atoms in total. The number of pyridine rings is 1. The normalized spacial score (nSPS) is 16.2. The van der Waals surface area contributed by atoms with Gasteiger partial charge in [-0.15, -0.1) is 0 Å². The average molecular weight is 352 g/mol. The van der Waals surface area contributed by atoms with E-state index in [1.165, 1.54) is 4.90 Å². The first-order valence-corrected chi connectivity index (χ1v) is 8.62. The van der Waals surface area contributed by atoms with Crippen LogP contribution in [-0.2, 0) is 19.1 Å². The lowest BCUT2D eigenvalue weighted by atomic mass is 10.1. The molecule has 1 aliphatic heterocycles. The van der Waals surface area contributed by atoms with Crippen molar-refractivity contribution in [2.45, 2.75) is 25.4 Å². The van der Waals surface area contributed by atoms with E-state index in [1.807, 2.05) is 0 Å². The molecule has 0 radical (unpaired) electrons. The predicted molar refractivity (Wildman–Crippen MR) is 95.4 cm³/mol. The predicted octanol–water partition coefficient (Wildman–Crippen LogP) is 2.33. The van der Waals surface area contributed by atoms with Crippen LogP contribution in [0.3, 0.4) is 0 Å². The summed E-state index contributed by atoms with van der Waals surface area (Å²) >= 11 is 0. The van der Waals surface area contributed by atoms with Crippen molar-refractivity contribution in [2.24, 2.45) is 0 Å². The maximum atomic E-state index is 12.8. The quantitative estimate of drug-likeness (QED) is 0.581. The van der Waals surface area contributed by atoms with Crippen molar-refractivity contribution in [1.82, 2.24) is 4.98 Å². The lowest BCUT2D eigenvalue weighted by Gasteiger charge is -2.24. The molecule has 1 fully saturated rings. The minimum atomic E-state index is -0.321. The van der Waals surface area contributed by atoms with E-state index in [0.717, 1.165) is 0 Å². The molecule has 0 spiro atoms. The summed E-state index contributed by atoms with van der Waals surface area (Å²) in [7, 11) is 0. The van der Waals surface area contributed by atoms with Gasteiger partial charge in [-0.25, -0.2) is 4.98 Å². The molecule has 1 aromatic heterocycles. The number of anilines is 1.